The number of nitro benzene ring substituents is 1. The average Bonchev–Trinajstić information content (AvgIpc) is 3.23. The second-order valence-corrected chi connectivity index (χ2v) is 11.1. The van der Waals surface area contributed by atoms with E-state index in [9.17, 15) is 19.7 Å². The molecular formula is C25H37N4O7P. The predicted molar refractivity (Wildman–Crippen MR) is 141 cm³/mol. The molecule has 1 aliphatic heterocycles. The minimum absolute atomic E-state index is 0.00546. The first-order valence-corrected chi connectivity index (χ1v) is 13.7. The number of rotatable bonds is 11. The van der Waals surface area contributed by atoms with Crippen molar-refractivity contribution in [1.29, 1.82) is 0 Å². The first-order valence-electron chi connectivity index (χ1n) is 12.6. The van der Waals surface area contributed by atoms with Gasteiger partial charge < -0.3 is 13.8 Å². The fraction of sp³-hybridized carbons (Fsp3) is 0.600. The van der Waals surface area contributed by atoms with Crippen molar-refractivity contribution in [3.05, 3.63) is 72.5 Å². The summed E-state index contributed by atoms with van der Waals surface area (Å²) in [5.41, 5.74) is -0.0848. The van der Waals surface area contributed by atoms with E-state index < -0.39 is 43.1 Å². The molecule has 0 bridgehead atoms. The summed E-state index contributed by atoms with van der Waals surface area (Å²) in [5.74, 6) is 0. The van der Waals surface area contributed by atoms with Crippen molar-refractivity contribution in [3.8, 4) is 0 Å². The Morgan fingerprint density at radius 3 is 2.46 bits per heavy atom. The molecule has 3 rings (SSSR count). The Morgan fingerprint density at radius 1 is 1.22 bits per heavy atom. The molecule has 2 aromatic rings. The molecule has 0 amide bonds. The van der Waals surface area contributed by atoms with Gasteiger partial charge in [0.1, 0.15) is 6.23 Å². The summed E-state index contributed by atoms with van der Waals surface area (Å²) in [4.78, 5) is 37.8. The summed E-state index contributed by atoms with van der Waals surface area (Å²) in [7, 11) is -1.66. The van der Waals surface area contributed by atoms with Gasteiger partial charge in [-0.3, -0.25) is 24.5 Å². The predicted octanol–water partition coefficient (Wildman–Crippen LogP) is 4.96. The van der Waals surface area contributed by atoms with Gasteiger partial charge in [0.25, 0.3) is 19.8 Å². The van der Waals surface area contributed by atoms with Crippen LogP contribution in [0.4, 0.5) is 5.69 Å². The molecule has 1 fully saturated rings. The molecule has 1 N–H and O–H groups in total. The number of aryl methyl sites for hydroxylation is 1. The number of hydrogen-bond donors (Lipinski definition) is 1. The summed E-state index contributed by atoms with van der Waals surface area (Å²) in [6.45, 7) is 13.6. The molecule has 11 nitrogen and oxygen atoms in total. The number of nitro groups is 1. The molecule has 1 aromatic carbocycles. The number of nitrogens with zero attached hydrogens (tertiary/aromatic N) is 3. The molecule has 1 aromatic heterocycles. The summed E-state index contributed by atoms with van der Waals surface area (Å²) in [6, 6.07) is 6.69. The number of benzene rings is 1. The van der Waals surface area contributed by atoms with Crippen LogP contribution in [0.1, 0.15) is 77.8 Å². The van der Waals surface area contributed by atoms with Gasteiger partial charge >= 0.3 is 5.69 Å². The topological polar surface area (TPSA) is 129 Å². The van der Waals surface area contributed by atoms with Crippen LogP contribution >= 0.6 is 8.53 Å². The summed E-state index contributed by atoms with van der Waals surface area (Å²) in [5, 5.41) is 11.6. The van der Waals surface area contributed by atoms with Crippen molar-refractivity contribution >= 4 is 14.2 Å². The minimum Gasteiger partial charge on any atom is -0.352 e. The van der Waals surface area contributed by atoms with E-state index in [2.05, 4.69) is 9.65 Å². The molecule has 2 heterocycles. The lowest BCUT2D eigenvalue weighted by Crippen LogP contribution is -2.36. The van der Waals surface area contributed by atoms with Crippen LogP contribution in [0.5, 0.6) is 0 Å². The number of ether oxygens (including phenoxy) is 1. The normalized spacial score (nSPS) is 21.6. The Kier molecular flexibility index (Phi) is 9.77. The number of para-hydroxylation sites is 1. The lowest BCUT2D eigenvalue weighted by Gasteiger charge is -2.38. The van der Waals surface area contributed by atoms with E-state index in [0.717, 1.165) is 0 Å². The van der Waals surface area contributed by atoms with Crippen LogP contribution in [0.2, 0.25) is 0 Å². The van der Waals surface area contributed by atoms with E-state index in [1.165, 1.54) is 16.8 Å². The Hall–Kier alpha value is -2.43. The largest absolute Gasteiger partial charge is 0.352 e. The quantitative estimate of drug-likeness (QED) is 0.242. The molecule has 2 unspecified atom stereocenters. The van der Waals surface area contributed by atoms with Crippen LogP contribution in [0.15, 0.2) is 40.1 Å². The molecule has 12 heteroatoms. The van der Waals surface area contributed by atoms with E-state index in [1.807, 2.05) is 34.6 Å². The van der Waals surface area contributed by atoms with Crippen LogP contribution in [-0.2, 0) is 13.8 Å². The minimum atomic E-state index is -1.66. The molecule has 5 atom stereocenters. The molecule has 0 spiro atoms. The summed E-state index contributed by atoms with van der Waals surface area (Å²) in [6.07, 6.45) is 0.634. The maximum atomic E-state index is 12.5. The van der Waals surface area contributed by atoms with Gasteiger partial charge in [-0.05, 0) is 54.0 Å². The number of H-pyrrole nitrogens is 1. The molecule has 37 heavy (non-hydrogen) atoms. The molecular weight excluding hydrogens is 499 g/mol. The van der Waals surface area contributed by atoms with Gasteiger partial charge in [-0.1, -0.05) is 19.1 Å². The van der Waals surface area contributed by atoms with Crippen molar-refractivity contribution in [1.82, 2.24) is 14.2 Å². The van der Waals surface area contributed by atoms with E-state index in [1.54, 1.807) is 32.0 Å². The first-order chi connectivity index (χ1) is 17.4. The van der Waals surface area contributed by atoms with Crippen molar-refractivity contribution in [3.63, 3.8) is 0 Å². The highest BCUT2D eigenvalue weighted by Crippen LogP contribution is 2.53. The zero-order valence-corrected chi connectivity index (χ0v) is 23.3. The van der Waals surface area contributed by atoms with E-state index in [-0.39, 0.29) is 23.9 Å². The maximum absolute atomic E-state index is 12.5. The van der Waals surface area contributed by atoms with Crippen LogP contribution < -0.4 is 11.2 Å². The van der Waals surface area contributed by atoms with E-state index in [4.69, 9.17) is 13.8 Å². The highest BCUT2D eigenvalue weighted by Gasteiger charge is 2.41. The Balaban J connectivity index is 1.91. The van der Waals surface area contributed by atoms with Gasteiger partial charge in [0.05, 0.1) is 28.8 Å². The fourth-order valence-corrected chi connectivity index (χ4v) is 6.42. The molecule has 1 aliphatic rings. The summed E-state index contributed by atoms with van der Waals surface area (Å²) >= 11 is 0. The van der Waals surface area contributed by atoms with Gasteiger partial charge in [0.2, 0.25) is 0 Å². The van der Waals surface area contributed by atoms with Crippen molar-refractivity contribution in [2.45, 2.75) is 97.9 Å². The van der Waals surface area contributed by atoms with Crippen molar-refractivity contribution in [2.75, 3.05) is 0 Å². The average molecular weight is 537 g/mol. The number of aromatic amines is 1. The van der Waals surface area contributed by atoms with Crippen molar-refractivity contribution in [2.24, 2.45) is 0 Å². The van der Waals surface area contributed by atoms with Crippen LogP contribution in [0.25, 0.3) is 0 Å². The van der Waals surface area contributed by atoms with Gasteiger partial charge in [-0.25, -0.2) is 9.46 Å². The second-order valence-electron chi connectivity index (χ2n) is 9.76. The first kappa shape index (κ1) is 29.1. The maximum Gasteiger partial charge on any atom is 0.330 e. The Morgan fingerprint density at radius 2 is 1.86 bits per heavy atom. The Bertz CT molecular complexity index is 1190. The number of hydrogen-bond acceptors (Lipinski definition) is 8. The molecule has 0 radical (unpaired) electrons. The zero-order valence-electron chi connectivity index (χ0n) is 22.4. The third kappa shape index (κ3) is 6.72. The third-order valence-electron chi connectivity index (χ3n) is 6.33. The molecule has 0 aliphatic carbocycles. The fourth-order valence-electron chi connectivity index (χ4n) is 4.56. The highest BCUT2D eigenvalue weighted by atomic mass is 31.2. The molecule has 0 saturated carbocycles. The molecule has 204 valence electrons. The van der Waals surface area contributed by atoms with Crippen molar-refractivity contribution < 1.29 is 18.7 Å². The van der Waals surface area contributed by atoms with Crippen LogP contribution in [-0.4, -0.2) is 43.4 Å². The van der Waals surface area contributed by atoms with Gasteiger partial charge in [-0.15, -0.1) is 0 Å². The zero-order chi connectivity index (χ0) is 27.4. The Labute approximate surface area is 217 Å². The van der Waals surface area contributed by atoms with Crippen LogP contribution in [0, 0.1) is 17.0 Å². The lowest BCUT2D eigenvalue weighted by molar-refractivity contribution is -0.386. The monoisotopic (exact) mass is 536 g/mol. The standard InChI is InChI=1S/C25H37N4O7P/c1-8-21-22(13-23(34-21)27-14-17(6)24(30)26-25(27)31)36-37(28(15(2)3)16(4)5)35-18(7)19-11-9-10-12-20(19)29(32)33/h9-12,14-16,18,21-23H,8,13H2,1-7H3,(H,26,30,31)/t18?,21-,22-,23-,37?/m1/s1. The van der Waals surface area contributed by atoms with Gasteiger partial charge in [-0.2, -0.15) is 0 Å². The van der Waals surface area contributed by atoms with E-state index >= 15 is 0 Å². The lowest BCUT2D eigenvalue weighted by atomic mass is 10.1. The van der Waals surface area contributed by atoms with Crippen LogP contribution in [0.3, 0.4) is 0 Å². The highest BCUT2D eigenvalue weighted by molar-refractivity contribution is 7.44. The second kappa shape index (κ2) is 12.4. The van der Waals surface area contributed by atoms with Gasteiger partial charge in [0.15, 0.2) is 0 Å². The number of aromatic nitrogens is 2. The van der Waals surface area contributed by atoms with Gasteiger partial charge in [0, 0.05) is 36.3 Å². The molecule has 1 saturated heterocycles. The smallest absolute Gasteiger partial charge is 0.330 e. The summed E-state index contributed by atoms with van der Waals surface area (Å²) < 4.78 is 22.8. The van der Waals surface area contributed by atoms with E-state index in [0.29, 0.717) is 24.0 Å². The number of nitrogens with one attached hydrogen (secondary N) is 1. The SMILES string of the molecule is CC[C@H]1O[C@@H](n2cc(C)c(=O)[nH]c2=O)C[C@H]1OP(OC(C)c1ccccc1[N+](=O)[O-])N(C(C)C)C(C)C. The third-order valence-corrected chi connectivity index (χ3v) is 8.58.